The van der Waals surface area contributed by atoms with E-state index in [9.17, 15) is 0 Å². The molecule has 2 rings (SSSR count). The number of halogens is 3. The minimum atomic E-state index is 0.0317. The summed E-state index contributed by atoms with van der Waals surface area (Å²) in [4.78, 5) is 0. The lowest BCUT2D eigenvalue weighted by atomic mass is 10.0. The van der Waals surface area contributed by atoms with Gasteiger partial charge in [-0.3, -0.25) is 0 Å². The van der Waals surface area contributed by atoms with Gasteiger partial charge in [-0.1, -0.05) is 46.3 Å². The van der Waals surface area contributed by atoms with E-state index in [-0.39, 0.29) is 5.38 Å². The Morgan fingerprint density at radius 3 is 2.35 bits per heavy atom. The Balaban J connectivity index is 2.14. The number of hydrogen-bond acceptors (Lipinski definition) is 0. The first-order valence-corrected chi connectivity index (χ1v) is 7.60. The highest BCUT2D eigenvalue weighted by atomic mass is 127. The van der Waals surface area contributed by atoms with Crippen LogP contribution < -0.4 is 0 Å². The monoisotopic (exact) mass is 420 g/mol. The molecule has 0 fully saturated rings. The van der Waals surface area contributed by atoms with E-state index in [1.165, 1.54) is 14.7 Å². The lowest BCUT2D eigenvalue weighted by Crippen LogP contribution is -1.98. The fourth-order valence-electron chi connectivity index (χ4n) is 1.67. The first-order chi connectivity index (χ1) is 8.16. The van der Waals surface area contributed by atoms with Gasteiger partial charge in [0.25, 0.3) is 0 Å². The predicted molar refractivity (Wildman–Crippen MR) is 85.6 cm³/mol. The van der Waals surface area contributed by atoms with Gasteiger partial charge in [0.15, 0.2) is 0 Å². The van der Waals surface area contributed by atoms with Crippen LogP contribution >= 0.6 is 50.1 Å². The van der Waals surface area contributed by atoms with Gasteiger partial charge in [0.05, 0.1) is 5.38 Å². The lowest BCUT2D eigenvalue weighted by molar-refractivity contribution is 0.913. The standard InChI is InChI=1S/C14H11BrClI/c15-11-7-5-10(6-8-11)9-13(16)12-3-1-2-4-14(12)17/h1-8,13H,9H2. The highest BCUT2D eigenvalue weighted by Gasteiger charge is 2.11. The van der Waals surface area contributed by atoms with Crippen LogP contribution in [-0.2, 0) is 6.42 Å². The van der Waals surface area contributed by atoms with Crippen LogP contribution in [0.25, 0.3) is 0 Å². The lowest BCUT2D eigenvalue weighted by Gasteiger charge is -2.11. The Hall–Kier alpha value is -0.0600. The quantitative estimate of drug-likeness (QED) is 0.449. The normalized spacial score (nSPS) is 12.4. The number of hydrogen-bond donors (Lipinski definition) is 0. The van der Waals surface area contributed by atoms with Crippen LogP contribution in [0.4, 0.5) is 0 Å². The zero-order chi connectivity index (χ0) is 12.3. The van der Waals surface area contributed by atoms with E-state index in [0.717, 1.165) is 10.9 Å². The van der Waals surface area contributed by atoms with Gasteiger partial charge in [-0.05, 0) is 58.3 Å². The Bertz CT molecular complexity index is 496. The highest BCUT2D eigenvalue weighted by Crippen LogP contribution is 2.28. The summed E-state index contributed by atoms with van der Waals surface area (Å²) in [7, 11) is 0. The minimum Gasteiger partial charge on any atom is -0.117 e. The van der Waals surface area contributed by atoms with Gasteiger partial charge in [-0.15, -0.1) is 11.6 Å². The van der Waals surface area contributed by atoms with Crippen molar-refractivity contribution in [3.8, 4) is 0 Å². The molecular weight excluding hydrogens is 410 g/mol. The largest absolute Gasteiger partial charge is 0.117 e. The zero-order valence-corrected chi connectivity index (χ0v) is 13.5. The molecule has 0 amide bonds. The Morgan fingerprint density at radius 2 is 1.71 bits per heavy atom. The summed E-state index contributed by atoms with van der Waals surface area (Å²) in [6, 6.07) is 16.6. The molecule has 0 aromatic heterocycles. The van der Waals surface area contributed by atoms with E-state index in [2.05, 4.69) is 74.9 Å². The van der Waals surface area contributed by atoms with Crippen molar-refractivity contribution in [3.05, 3.63) is 67.7 Å². The molecule has 3 heteroatoms. The van der Waals surface area contributed by atoms with Crippen LogP contribution in [-0.4, -0.2) is 0 Å². The van der Waals surface area contributed by atoms with Crippen LogP contribution in [0.15, 0.2) is 53.0 Å². The second-order valence-corrected chi connectivity index (χ2v) is 6.42. The van der Waals surface area contributed by atoms with E-state index in [0.29, 0.717) is 0 Å². The highest BCUT2D eigenvalue weighted by molar-refractivity contribution is 14.1. The predicted octanol–water partition coefficient (Wildman–Crippen LogP) is 5.58. The van der Waals surface area contributed by atoms with Crippen molar-refractivity contribution in [2.75, 3.05) is 0 Å². The average molecular weight is 422 g/mol. The summed E-state index contributed by atoms with van der Waals surface area (Å²) in [5.74, 6) is 0. The molecule has 0 N–H and O–H groups in total. The number of alkyl halides is 1. The van der Waals surface area contributed by atoms with Gasteiger partial charge >= 0.3 is 0 Å². The van der Waals surface area contributed by atoms with E-state index >= 15 is 0 Å². The third kappa shape index (κ3) is 3.70. The molecule has 0 aliphatic rings. The smallest absolute Gasteiger partial charge is 0.0635 e. The molecule has 1 atom stereocenters. The molecule has 0 saturated heterocycles. The third-order valence-corrected chi connectivity index (χ3v) is 4.47. The molecule has 0 nitrogen and oxygen atoms in total. The summed E-state index contributed by atoms with van der Waals surface area (Å²) < 4.78 is 2.32. The van der Waals surface area contributed by atoms with Gasteiger partial charge in [0.2, 0.25) is 0 Å². The molecule has 0 saturated carbocycles. The first-order valence-electron chi connectivity index (χ1n) is 5.30. The molecule has 2 aromatic carbocycles. The van der Waals surface area contributed by atoms with E-state index in [1.807, 2.05) is 12.1 Å². The number of benzene rings is 2. The molecule has 0 heterocycles. The van der Waals surface area contributed by atoms with Crippen molar-refractivity contribution >= 4 is 50.1 Å². The van der Waals surface area contributed by atoms with Crippen molar-refractivity contribution < 1.29 is 0 Å². The summed E-state index contributed by atoms with van der Waals surface area (Å²) >= 11 is 12.2. The Kier molecular flexibility index (Phi) is 4.88. The van der Waals surface area contributed by atoms with Crippen LogP contribution in [0.1, 0.15) is 16.5 Å². The Morgan fingerprint density at radius 1 is 1.06 bits per heavy atom. The second-order valence-electron chi connectivity index (χ2n) is 3.82. The molecule has 0 aliphatic heterocycles. The molecule has 0 radical (unpaired) electrons. The van der Waals surface area contributed by atoms with E-state index in [1.54, 1.807) is 0 Å². The van der Waals surface area contributed by atoms with E-state index < -0.39 is 0 Å². The van der Waals surface area contributed by atoms with Gasteiger partial charge < -0.3 is 0 Å². The molecule has 0 aliphatic carbocycles. The van der Waals surface area contributed by atoms with Crippen LogP contribution in [0, 0.1) is 3.57 Å². The topological polar surface area (TPSA) is 0 Å². The summed E-state index contributed by atoms with van der Waals surface area (Å²) in [6.07, 6.45) is 0.856. The Labute approximate surface area is 129 Å². The average Bonchev–Trinajstić information content (AvgIpc) is 2.32. The van der Waals surface area contributed by atoms with Crippen molar-refractivity contribution in [1.82, 2.24) is 0 Å². The van der Waals surface area contributed by atoms with Crippen LogP contribution in [0.2, 0.25) is 0 Å². The van der Waals surface area contributed by atoms with Gasteiger partial charge in [-0.25, -0.2) is 0 Å². The molecule has 2 aromatic rings. The SMILES string of the molecule is ClC(Cc1ccc(Br)cc1)c1ccccc1I. The summed E-state index contributed by atoms with van der Waals surface area (Å²) in [5.41, 5.74) is 2.46. The first kappa shape index (κ1) is 13.4. The van der Waals surface area contributed by atoms with E-state index in [4.69, 9.17) is 11.6 Å². The molecule has 88 valence electrons. The molecule has 0 bridgehead atoms. The summed E-state index contributed by atoms with van der Waals surface area (Å²) in [6.45, 7) is 0. The van der Waals surface area contributed by atoms with Gasteiger partial charge in [0.1, 0.15) is 0 Å². The zero-order valence-electron chi connectivity index (χ0n) is 9.04. The van der Waals surface area contributed by atoms with Gasteiger partial charge in [-0.2, -0.15) is 0 Å². The number of rotatable bonds is 3. The third-order valence-electron chi connectivity index (χ3n) is 2.57. The van der Waals surface area contributed by atoms with Crippen LogP contribution in [0.3, 0.4) is 0 Å². The van der Waals surface area contributed by atoms with Crippen molar-refractivity contribution in [1.29, 1.82) is 0 Å². The van der Waals surface area contributed by atoms with Crippen LogP contribution in [0.5, 0.6) is 0 Å². The maximum Gasteiger partial charge on any atom is 0.0635 e. The van der Waals surface area contributed by atoms with Crippen molar-refractivity contribution in [2.24, 2.45) is 0 Å². The minimum absolute atomic E-state index is 0.0317. The summed E-state index contributed by atoms with van der Waals surface area (Å²) in [5, 5.41) is 0.0317. The maximum atomic E-state index is 6.47. The fourth-order valence-corrected chi connectivity index (χ4v) is 3.25. The molecule has 0 spiro atoms. The molecule has 1 unspecified atom stereocenters. The van der Waals surface area contributed by atoms with Crippen molar-refractivity contribution in [2.45, 2.75) is 11.8 Å². The molecular formula is C14H11BrClI. The molecule has 17 heavy (non-hydrogen) atoms. The van der Waals surface area contributed by atoms with Crippen molar-refractivity contribution in [3.63, 3.8) is 0 Å². The van der Waals surface area contributed by atoms with Gasteiger partial charge in [0, 0.05) is 8.04 Å². The maximum absolute atomic E-state index is 6.47. The second kappa shape index (κ2) is 6.21. The fraction of sp³-hybridized carbons (Fsp3) is 0.143.